The van der Waals surface area contributed by atoms with E-state index in [1.165, 1.54) is 12.1 Å². The molecule has 12 heteroatoms. The lowest BCUT2D eigenvalue weighted by Gasteiger charge is -2.08. The van der Waals surface area contributed by atoms with Crippen molar-refractivity contribution in [2.45, 2.75) is 15.9 Å². The highest BCUT2D eigenvalue weighted by Gasteiger charge is 2.31. The molecule has 0 amide bonds. The number of benzene rings is 2. The molecule has 28 heavy (non-hydrogen) atoms. The van der Waals surface area contributed by atoms with Gasteiger partial charge >= 0.3 is 0 Å². The van der Waals surface area contributed by atoms with Crippen LogP contribution in [0.25, 0.3) is 10.9 Å². The van der Waals surface area contributed by atoms with Crippen LogP contribution in [0, 0.1) is 0 Å². The molecule has 4 rings (SSSR count). The Morgan fingerprint density at radius 1 is 0.929 bits per heavy atom. The lowest BCUT2D eigenvalue weighted by atomic mass is 10.0. The first-order valence-electron chi connectivity index (χ1n) is 7.67. The highest BCUT2D eigenvalue weighted by Crippen LogP contribution is 2.41. The van der Waals surface area contributed by atoms with Gasteiger partial charge in [0.2, 0.25) is 0 Å². The van der Waals surface area contributed by atoms with Crippen LogP contribution in [0.15, 0.2) is 51.2 Å². The van der Waals surface area contributed by atoms with Crippen molar-refractivity contribution in [3.05, 3.63) is 47.5 Å². The number of hydrogen-bond donors (Lipinski definition) is 5. The molecule has 5 N–H and O–H groups in total. The van der Waals surface area contributed by atoms with Gasteiger partial charge < -0.3 is 15.2 Å². The van der Waals surface area contributed by atoms with E-state index in [4.69, 9.17) is 9.11 Å². The van der Waals surface area contributed by atoms with Crippen LogP contribution in [0.4, 0.5) is 5.69 Å². The fourth-order valence-corrected chi connectivity index (χ4v) is 4.13. The molecule has 0 saturated heterocycles. The molecule has 3 aromatic rings. The molecule has 0 radical (unpaired) electrons. The maximum Gasteiger partial charge on any atom is 0.294 e. The fraction of sp³-hybridized carbons (Fsp3) is 0.0625. The van der Waals surface area contributed by atoms with Gasteiger partial charge in [-0.2, -0.15) is 16.8 Å². The van der Waals surface area contributed by atoms with E-state index in [0.29, 0.717) is 5.39 Å². The number of aliphatic hydroxyl groups is 1. The molecule has 2 aromatic carbocycles. The zero-order chi connectivity index (χ0) is 20.4. The maximum atomic E-state index is 11.3. The van der Waals surface area contributed by atoms with Crippen LogP contribution >= 0.6 is 0 Å². The fourth-order valence-electron chi connectivity index (χ4n) is 3.12. The Hall–Kier alpha value is -2.77. The van der Waals surface area contributed by atoms with Crippen molar-refractivity contribution in [2.24, 2.45) is 4.99 Å². The molecule has 0 saturated carbocycles. The lowest BCUT2D eigenvalue weighted by molar-refractivity contribution is 0.251. The summed E-state index contributed by atoms with van der Waals surface area (Å²) in [6, 6.07) is 7.06. The van der Waals surface area contributed by atoms with Crippen molar-refractivity contribution in [1.29, 1.82) is 0 Å². The summed E-state index contributed by atoms with van der Waals surface area (Å²) in [5, 5.41) is 21.2. The van der Waals surface area contributed by atoms with Crippen LogP contribution in [-0.2, 0) is 20.2 Å². The number of hydrogen-bond acceptors (Lipinski definition) is 7. The van der Waals surface area contributed by atoms with Crippen molar-refractivity contribution in [3.63, 3.8) is 0 Å². The molecular formula is C16H12N2O8S2. The van der Waals surface area contributed by atoms with Gasteiger partial charge in [0.1, 0.15) is 6.10 Å². The number of aliphatic imine (C=N–C) groups is 1. The van der Waals surface area contributed by atoms with E-state index >= 15 is 0 Å². The minimum absolute atomic E-state index is 0.00541. The molecule has 1 aliphatic heterocycles. The molecule has 1 unspecified atom stereocenters. The van der Waals surface area contributed by atoms with E-state index in [1.54, 1.807) is 0 Å². The van der Waals surface area contributed by atoms with Gasteiger partial charge in [-0.3, -0.25) is 9.11 Å². The summed E-state index contributed by atoms with van der Waals surface area (Å²) in [4.78, 5) is 5.94. The minimum atomic E-state index is -4.46. The van der Waals surface area contributed by atoms with Crippen molar-refractivity contribution in [1.82, 2.24) is 4.98 Å². The Balaban J connectivity index is 1.89. The predicted molar refractivity (Wildman–Crippen MR) is 97.2 cm³/mol. The zero-order valence-electron chi connectivity index (χ0n) is 13.7. The first-order valence-corrected chi connectivity index (χ1v) is 10.6. The largest absolute Gasteiger partial charge is 0.494 e. The van der Waals surface area contributed by atoms with Crippen LogP contribution in [0.5, 0.6) is 5.88 Å². The van der Waals surface area contributed by atoms with Crippen LogP contribution in [0.3, 0.4) is 0 Å². The third kappa shape index (κ3) is 2.87. The van der Waals surface area contributed by atoms with Gasteiger partial charge in [-0.15, -0.1) is 0 Å². The number of nitrogens with zero attached hydrogens (tertiary/aromatic N) is 1. The van der Waals surface area contributed by atoms with E-state index in [2.05, 4.69) is 9.98 Å². The number of H-pyrrole nitrogens is 1. The van der Waals surface area contributed by atoms with Gasteiger partial charge in [0, 0.05) is 10.9 Å². The Labute approximate surface area is 158 Å². The minimum Gasteiger partial charge on any atom is -0.494 e. The predicted octanol–water partition coefficient (Wildman–Crippen LogP) is 1.53. The molecule has 146 valence electrons. The first-order chi connectivity index (χ1) is 13.0. The summed E-state index contributed by atoms with van der Waals surface area (Å²) in [7, 11) is -8.91. The number of fused-ring (bicyclic) bond motifs is 2. The Morgan fingerprint density at radius 3 is 2.18 bits per heavy atom. The number of aromatic hydroxyl groups is 1. The Morgan fingerprint density at radius 2 is 1.54 bits per heavy atom. The number of aliphatic hydroxyl groups excluding tert-OH is 1. The molecule has 0 spiro atoms. The average Bonchev–Trinajstić information content (AvgIpc) is 3.08. The van der Waals surface area contributed by atoms with Crippen molar-refractivity contribution < 1.29 is 36.2 Å². The third-order valence-electron chi connectivity index (χ3n) is 4.40. The Bertz CT molecular complexity index is 1390. The summed E-state index contributed by atoms with van der Waals surface area (Å²) in [5.41, 5.74) is 0.638. The monoisotopic (exact) mass is 424 g/mol. The van der Waals surface area contributed by atoms with Gasteiger partial charge in [-0.25, -0.2) is 4.99 Å². The van der Waals surface area contributed by atoms with Gasteiger partial charge in [0.15, 0.2) is 5.88 Å². The van der Waals surface area contributed by atoms with Crippen LogP contribution < -0.4 is 0 Å². The normalized spacial score (nSPS) is 17.0. The van der Waals surface area contributed by atoms with Crippen molar-refractivity contribution in [3.8, 4) is 5.88 Å². The number of nitrogens with one attached hydrogen (secondary N) is 1. The standard InChI is InChI=1S/C16H12N2O8S2/c19-15-10-4-2-8(28(24,25)26)6-12(10)17-14(15)13-9-3-1-7(27(21,22)23)5-11(9)18-16(13)20/h1-6,15,18-20H,(H,21,22,23)(H,24,25,26). The third-order valence-corrected chi connectivity index (χ3v) is 6.10. The van der Waals surface area contributed by atoms with E-state index in [1.807, 2.05) is 0 Å². The van der Waals surface area contributed by atoms with Crippen molar-refractivity contribution in [2.75, 3.05) is 0 Å². The molecular weight excluding hydrogens is 412 g/mol. The van der Waals surface area contributed by atoms with Crippen LogP contribution in [-0.4, -0.2) is 46.8 Å². The number of aromatic amines is 1. The number of rotatable bonds is 3. The van der Waals surface area contributed by atoms with Gasteiger partial charge in [-0.1, -0.05) is 12.1 Å². The molecule has 1 aliphatic rings. The highest BCUT2D eigenvalue weighted by atomic mass is 32.2. The molecule has 0 aliphatic carbocycles. The van der Waals surface area contributed by atoms with Crippen molar-refractivity contribution >= 4 is 42.5 Å². The topological polar surface area (TPSA) is 177 Å². The average molecular weight is 424 g/mol. The second kappa shape index (κ2) is 5.86. The Kier molecular flexibility index (Phi) is 3.89. The summed E-state index contributed by atoms with van der Waals surface area (Å²) >= 11 is 0. The lowest BCUT2D eigenvalue weighted by Crippen LogP contribution is -2.09. The summed E-state index contributed by atoms with van der Waals surface area (Å²) in [5.74, 6) is -0.400. The second-order valence-corrected chi connectivity index (χ2v) is 8.97. The number of aromatic nitrogens is 1. The molecule has 0 fully saturated rings. The van der Waals surface area contributed by atoms with Gasteiger partial charge in [-0.05, 0) is 24.3 Å². The SMILES string of the molecule is O=S(=O)(O)c1ccc2c(c1)N=C(c1c(O)[nH]c3cc(S(=O)(=O)O)ccc13)C2O. The van der Waals surface area contributed by atoms with E-state index in [9.17, 15) is 27.0 Å². The molecule has 0 bridgehead atoms. The molecule has 2 heterocycles. The second-order valence-electron chi connectivity index (χ2n) is 6.13. The molecule has 10 nitrogen and oxygen atoms in total. The summed E-state index contributed by atoms with van der Waals surface area (Å²) in [6.07, 6.45) is -1.29. The van der Waals surface area contributed by atoms with E-state index in [-0.39, 0.29) is 32.9 Å². The van der Waals surface area contributed by atoms with Gasteiger partial charge in [0.25, 0.3) is 20.2 Å². The smallest absolute Gasteiger partial charge is 0.294 e. The van der Waals surface area contributed by atoms with Gasteiger partial charge in [0.05, 0.1) is 32.3 Å². The summed E-state index contributed by atoms with van der Waals surface area (Å²) in [6.45, 7) is 0. The highest BCUT2D eigenvalue weighted by molar-refractivity contribution is 7.86. The summed E-state index contributed by atoms with van der Waals surface area (Å²) < 4.78 is 63.5. The quantitative estimate of drug-likeness (QED) is 0.393. The maximum absolute atomic E-state index is 11.3. The van der Waals surface area contributed by atoms with Crippen LogP contribution in [0.1, 0.15) is 17.2 Å². The zero-order valence-corrected chi connectivity index (χ0v) is 15.4. The van der Waals surface area contributed by atoms with E-state index < -0.39 is 37.1 Å². The first kappa shape index (κ1) is 18.6. The molecule has 1 atom stereocenters. The van der Waals surface area contributed by atoms with E-state index in [0.717, 1.165) is 24.3 Å². The van der Waals surface area contributed by atoms with Crippen LogP contribution in [0.2, 0.25) is 0 Å². The molecule has 1 aromatic heterocycles.